The third-order valence-corrected chi connectivity index (χ3v) is 2.80. The van der Waals surface area contributed by atoms with Crippen LogP contribution in [0.15, 0.2) is 18.6 Å². The molecular weight excluding hydrogens is 289 g/mol. The van der Waals surface area contributed by atoms with Crippen molar-refractivity contribution in [3.8, 4) is 17.0 Å². The smallest absolute Gasteiger partial charge is 0.437 e. The van der Waals surface area contributed by atoms with Crippen LogP contribution in [0.3, 0.4) is 0 Å². The van der Waals surface area contributed by atoms with Gasteiger partial charge in [0, 0.05) is 11.8 Å². The van der Waals surface area contributed by atoms with Gasteiger partial charge in [-0.2, -0.15) is 18.3 Å². The number of aromatic amines is 1. The predicted octanol–water partition coefficient (Wildman–Crippen LogP) is 1.72. The van der Waals surface area contributed by atoms with Gasteiger partial charge in [-0.25, -0.2) is 15.0 Å². The zero-order valence-electron chi connectivity index (χ0n) is 10.2. The van der Waals surface area contributed by atoms with Crippen molar-refractivity contribution in [3.05, 3.63) is 24.3 Å². The molecule has 4 N–H and O–H groups in total. The molecule has 0 aliphatic carbocycles. The number of H-pyrrole nitrogens is 1. The summed E-state index contributed by atoms with van der Waals surface area (Å²) in [6.45, 7) is 0. The number of pyridine rings is 1. The Morgan fingerprint density at radius 1 is 1.19 bits per heavy atom. The van der Waals surface area contributed by atoms with E-state index >= 15 is 0 Å². The summed E-state index contributed by atoms with van der Waals surface area (Å²) in [6, 6.07) is 0.926. The summed E-state index contributed by atoms with van der Waals surface area (Å²) in [5, 5.41) is 16.3. The molecule has 21 heavy (non-hydrogen) atoms. The highest BCUT2D eigenvalue weighted by molar-refractivity contribution is 5.97. The van der Waals surface area contributed by atoms with Crippen LogP contribution in [0.5, 0.6) is 5.75 Å². The molecule has 0 radical (unpaired) electrons. The number of hydrogen-bond donors (Lipinski definition) is 3. The van der Waals surface area contributed by atoms with Gasteiger partial charge in [0.05, 0.1) is 11.1 Å². The number of nitrogens with one attached hydrogen (secondary N) is 1. The Balaban J connectivity index is 2.18. The number of aromatic nitrogens is 5. The van der Waals surface area contributed by atoms with Crippen LogP contribution < -0.4 is 5.73 Å². The Labute approximate surface area is 114 Å². The van der Waals surface area contributed by atoms with Gasteiger partial charge in [0.1, 0.15) is 17.9 Å². The third kappa shape index (κ3) is 2.10. The molecule has 7 nitrogen and oxygen atoms in total. The topological polar surface area (TPSA) is 114 Å². The molecule has 0 atom stereocenters. The first-order chi connectivity index (χ1) is 9.88. The number of nitrogens with two attached hydrogens (primary N) is 1. The number of nitrogens with zero attached hydrogens (tertiary/aromatic N) is 4. The average molecular weight is 296 g/mol. The fraction of sp³-hybridized carbons (Fsp3) is 0.0909. The quantitative estimate of drug-likeness (QED) is 0.630. The molecule has 108 valence electrons. The average Bonchev–Trinajstić information content (AvgIpc) is 2.82. The Morgan fingerprint density at radius 3 is 2.62 bits per heavy atom. The van der Waals surface area contributed by atoms with Crippen LogP contribution in [0.4, 0.5) is 19.0 Å². The van der Waals surface area contributed by atoms with Crippen LogP contribution in [0.25, 0.3) is 22.3 Å². The summed E-state index contributed by atoms with van der Waals surface area (Å²) in [6.07, 6.45) is -2.56. The van der Waals surface area contributed by atoms with E-state index in [0.717, 1.165) is 12.3 Å². The van der Waals surface area contributed by atoms with Crippen molar-refractivity contribution in [1.82, 2.24) is 25.1 Å². The second kappa shape index (κ2) is 4.30. The Bertz CT molecular complexity index is 828. The molecule has 3 aromatic heterocycles. The first kappa shape index (κ1) is 13.1. The fourth-order valence-electron chi connectivity index (χ4n) is 1.90. The lowest BCUT2D eigenvalue weighted by molar-refractivity contribution is -0.142. The Morgan fingerprint density at radius 2 is 1.95 bits per heavy atom. The second-order valence-electron chi connectivity index (χ2n) is 4.15. The lowest BCUT2D eigenvalue weighted by Gasteiger charge is -2.08. The summed E-state index contributed by atoms with van der Waals surface area (Å²) >= 11 is 0. The highest BCUT2D eigenvalue weighted by Gasteiger charge is 2.36. The third-order valence-electron chi connectivity index (χ3n) is 2.80. The standard InChI is InChI=1S/C11H7F3N6O/c12-11(13,14)8-5(21)1-4(2-16-8)7-6-9(15)17-3-18-10(6)20-19-7/h1-3,21H,(H3,15,17,18,19,20). The van der Waals surface area contributed by atoms with Crippen molar-refractivity contribution in [2.24, 2.45) is 0 Å². The first-order valence-electron chi connectivity index (χ1n) is 5.59. The van der Waals surface area contributed by atoms with Crippen LogP contribution in [0, 0.1) is 0 Å². The Kier molecular flexibility index (Phi) is 2.68. The van der Waals surface area contributed by atoms with Gasteiger partial charge < -0.3 is 10.8 Å². The predicted molar refractivity (Wildman–Crippen MR) is 66.0 cm³/mol. The number of hydrogen-bond acceptors (Lipinski definition) is 6. The maximum atomic E-state index is 12.6. The summed E-state index contributed by atoms with van der Waals surface area (Å²) in [7, 11) is 0. The maximum Gasteiger partial charge on any atom is 0.437 e. The van der Waals surface area contributed by atoms with Crippen LogP contribution >= 0.6 is 0 Å². The summed E-state index contributed by atoms with van der Waals surface area (Å²) < 4.78 is 37.7. The van der Waals surface area contributed by atoms with Gasteiger partial charge in [0.15, 0.2) is 11.3 Å². The summed E-state index contributed by atoms with van der Waals surface area (Å²) in [4.78, 5) is 10.9. The summed E-state index contributed by atoms with van der Waals surface area (Å²) in [5.41, 5.74) is 5.06. The monoisotopic (exact) mass is 296 g/mol. The molecule has 0 aromatic carbocycles. The normalized spacial score (nSPS) is 12.0. The number of nitrogen functional groups attached to an aromatic ring is 1. The van der Waals surface area contributed by atoms with Crippen molar-refractivity contribution in [2.45, 2.75) is 6.18 Å². The molecule has 0 unspecified atom stereocenters. The molecule has 3 aromatic rings. The molecule has 3 rings (SSSR count). The molecule has 10 heteroatoms. The van der Waals surface area contributed by atoms with Crippen molar-refractivity contribution in [3.63, 3.8) is 0 Å². The zero-order chi connectivity index (χ0) is 15.2. The van der Waals surface area contributed by atoms with Gasteiger partial charge in [-0.1, -0.05) is 0 Å². The molecule has 0 spiro atoms. The number of fused-ring (bicyclic) bond motifs is 1. The van der Waals surface area contributed by atoms with Gasteiger partial charge >= 0.3 is 6.18 Å². The lowest BCUT2D eigenvalue weighted by Crippen LogP contribution is -2.08. The van der Waals surface area contributed by atoms with E-state index in [0.29, 0.717) is 5.39 Å². The SMILES string of the molecule is Nc1ncnc2n[nH]c(-c3cnc(C(F)(F)F)c(O)c3)c12. The minimum absolute atomic E-state index is 0.114. The number of rotatable bonds is 1. The molecule has 0 aliphatic heterocycles. The van der Waals surface area contributed by atoms with E-state index in [1.165, 1.54) is 6.33 Å². The maximum absolute atomic E-state index is 12.6. The van der Waals surface area contributed by atoms with Crippen molar-refractivity contribution in [1.29, 1.82) is 0 Å². The number of halogens is 3. The van der Waals surface area contributed by atoms with Gasteiger partial charge in [-0.3, -0.25) is 5.10 Å². The lowest BCUT2D eigenvalue weighted by atomic mass is 10.1. The molecule has 0 fully saturated rings. The molecule has 0 saturated carbocycles. The van der Waals surface area contributed by atoms with E-state index in [9.17, 15) is 18.3 Å². The van der Waals surface area contributed by atoms with Crippen molar-refractivity contribution >= 4 is 16.9 Å². The molecular formula is C11H7F3N6O. The summed E-state index contributed by atoms with van der Waals surface area (Å²) in [5.74, 6) is -0.874. The van der Waals surface area contributed by atoms with Gasteiger partial charge in [-0.05, 0) is 6.07 Å². The van der Waals surface area contributed by atoms with Gasteiger partial charge in [-0.15, -0.1) is 0 Å². The van der Waals surface area contributed by atoms with E-state index in [1.54, 1.807) is 0 Å². The molecule has 0 aliphatic rings. The van der Waals surface area contributed by atoms with E-state index < -0.39 is 17.6 Å². The minimum Gasteiger partial charge on any atom is -0.506 e. The largest absolute Gasteiger partial charge is 0.506 e. The van der Waals surface area contributed by atoms with Gasteiger partial charge in [0.25, 0.3) is 0 Å². The van der Waals surface area contributed by atoms with Crippen LogP contribution in [-0.2, 0) is 6.18 Å². The van der Waals surface area contributed by atoms with E-state index in [4.69, 9.17) is 5.73 Å². The van der Waals surface area contributed by atoms with Crippen LogP contribution in [0.1, 0.15) is 5.69 Å². The second-order valence-corrected chi connectivity index (χ2v) is 4.15. The Hall–Kier alpha value is -2.91. The first-order valence-corrected chi connectivity index (χ1v) is 5.59. The van der Waals surface area contributed by atoms with Gasteiger partial charge in [0.2, 0.25) is 0 Å². The van der Waals surface area contributed by atoms with E-state index in [2.05, 4.69) is 25.1 Å². The van der Waals surface area contributed by atoms with Crippen LogP contribution in [-0.4, -0.2) is 30.3 Å². The number of aromatic hydroxyl groups is 1. The molecule has 0 amide bonds. The van der Waals surface area contributed by atoms with E-state index in [1.807, 2.05) is 0 Å². The minimum atomic E-state index is -4.74. The van der Waals surface area contributed by atoms with E-state index in [-0.39, 0.29) is 22.7 Å². The number of alkyl halides is 3. The molecule has 3 heterocycles. The fourth-order valence-corrected chi connectivity index (χ4v) is 1.90. The van der Waals surface area contributed by atoms with Crippen molar-refractivity contribution < 1.29 is 18.3 Å². The zero-order valence-corrected chi connectivity index (χ0v) is 10.2. The van der Waals surface area contributed by atoms with Crippen LogP contribution in [0.2, 0.25) is 0 Å². The van der Waals surface area contributed by atoms with Crippen molar-refractivity contribution in [2.75, 3.05) is 5.73 Å². The highest BCUT2D eigenvalue weighted by Crippen LogP contribution is 2.37. The highest BCUT2D eigenvalue weighted by atomic mass is 19.4. The molecule has 0 saturated heterocycles. The molecule has 0 bridgehead atoms. The number of anilines is 1.